The van der Waals surface area contributed by atoms with Crippen molar-refractivity contribution in [3.63, 3.8) is 0 Å². The van der Waals surface area contributed by atoms with Crippen LogP contribution in [0.25, 0.3) is 55.7 Å². The van der Waals surface area contributed by atoms with Gasteiger partial charge in [0.05, 0.1) is 40.5 Å². The van der Waals surface area contributed by atoms with Gasteiger partial charge in [0.25, 0.3) is 0 Å². The molecule has 0 aliphatic heterocycles. The normalized spacial score (nSPS) is 11.4. The van der Waals surface area contributed by atoms with Gasteiger partial charge in [-0.3, -0.25) is 25.0 Å². The monoisotopic (exact) mass is 446 g/mol. The number of nitrogens with zero attached hydrogens (tertiary/aromatic N) is 5. The summed E-state index contributed by atoms with van der Waals surface area (Å²) in [5.74, 6) is 0. The molecule has 0 atom stereocenters. The Bertz CT molecular complexity index is 1600. The van der Waals surface area contributed by atoms with Gasteiger partial charge in [-0.15, -0.1) is 0 Å². The number of aromatic nitrogens is 7. The quantitative estimate of drug-likeness (QED) is 0.341. The highest BCUT2D eigenvalue weighted by Crippen LogP contribution is 2.33. The van der Waals surface area contributed by atoms with E-state index >= 15 is 0 Å². The Labute approximate surface area is 195 Å². The summed E-state index contributed by atoms with van der Waals surface area (Å²) >= 11 is 0. The summed E-state index contributed by atoms with van der Waals surface area (Å²) in [5.41, 5.74) is 8.36. The molecule has 0 aliphatic carbocycles. The Morgan fingerprint density at radius 3 is 2.68 bits per heavy atom. The van der Waals surface area contributed by atoms with E-state index in [4.69, 9.17) is 0 Å². The van der Waals surface area contributed by atoms with Crippen LogP contribution in [0.4, 0.5) is 0 Å². The zero-order chi connectivity index (χ0) is 22.9. The Morgan fingerprint density at radius 2 is 1.79 bits per heavy atom. The summed E-state index contributed by atoms with van der Waals surface area (Å²) in [6.45, 7) is 3.78. The van der Waals surface area contributed by atoms with Crippen molar-refractivity contribution in [1.29, 1.82) is 0 Å². The fraction of sp³-hybridized carbons (Fsp3) is 0.115. The number of rotatable bonds is 6. The molecule has 6 heterocycles. The molecule has 6 aromatic heterocycles. The van der Waals surface area contributed by atoms with Gasteiger partial charge >= 0.3 is 0 Å². The van der Waals surface area contributed by atoms with Crippen molar-refractivity contribution in [3.05, 3.63) is 79.1 Å². The number of pyridine rings is 4. The highest BCUT2D eigenvalue weighted by atomic mass is 15.1. The molecule has 0 radical (unpaired) electrons. The zero-order valence-corrected chi connectivity index (χ0v) is 18.6. The first-order chi connectivity index (χ1) is 16.8. The van der Waals surface area contributed by atoms with Crippen molar-refractivity contribution in [1.82, 2.24) is 40.4 Å². The lowest BCUT2D eigenvalue weighted by Crippen LogP contribution is -2.11. The van der Waals surface area contributed by atoms with E-state index in [-0.39, 0.29) is 0 Å². The first-order valence-corrected chi connectivity index (χ1v) is 11.2. The predicted octanol–water partition coefficient (Wildman–Crippen LogP) is 4.73. The summed E-state index contributed by atoms with van der Waals surface area (Å²) in [4.78, 5) is 21.4. The van der Waals surface area contributed by atoms with E-state index < -0.39 is 0 Å². The Hall–Kier alpha value is -4.43. The Morgan fingerprint density at radius 1 is 0.853 bits per heavy atom. The second-order valence-electron chi connectivity index (χ2n) is 8.10. The van der Waals surface area contributed by atoms with Crippen LogP contribution in [-0.2, 0) is 6.54 Å². The lowest BCUT2D eigenvalue weighted by atomic mass is 10.1. The number of hydrogen-bond donors (Lipinski definition) is 3. The van der Waals surface area contributed by atoms with E-state index in [1.54, 1.807) is 6.20 Å². The second kappa shape index (κ2) is 8.49. The van der Waals surface area contributed by atoms with E-state index in [0.717, 1.165) is 74.4 Å². The number of H-pyrrole nitrogens is 2. The van der Waals surface area contributed by atoms with Gasteiger partial charge in [-0.05, 0) is 42.4 Å². The lowest BCUT2D eigenvalue weighted by molar-refractivity contribution is 0.724. The van der Waals surface area contributed by atoms with Crippen LogP contribution >= 0.6 is 0 Å². The van der Waals surface area contributed by atoms with Crippen LogP contribution in [0.5, 0.6) is 0 Å². The molecule has 3 N–H and O–H groups in total. The topological polar surface area (TPSA) is 108 Å². The van der Waals surface area contributed by atoms with Gasteiger partial charge in [0.15, 0.2) is 0 Å². The molecular weight excluding hydrogens is 424 g/mol. The highest BCUT2D eigenvalue weighted by molar-refractivity contribution is 6.00. The predicted molar refractivity (Wildman–Crippen MR) is 133 cm³/mol. The second-order valence-corrected chi connectivity index (χ2v) is 8.10. The van der Waals surface area contributed by atoms with Crippen molar-refractivity contribution >= 4 is 21.8 Å². The summed E-state index contributed by atoms with van der Waals surface area (Å²) in [6.07, 6.45) is 11.0. The minimum atomic E-state index is 0.776. The molecule has 0 saturated heterocycles. The highest BCUT2D eigenvalue weighted by Gasteiger charge is 2.15. The van der Waals surface area contributed by atoms with E-state index in [0.29, 0.717) is 0 Å². The smallest absolute Gasteiger partial charge is 0.116 e. The fourth-order valence-corrected chi connectivity index (χ4v) is 4.18. The third kappa shape index (κ3) is 3.60. The van der Waals surface area contributed by atoms with Crippen LogP contribution in [0.3, 0.4) is 0 Å². The summed E-state index contributed by atoms with van der Waals surface area (Å²) in [5, 5.41) is 13.1. The van der Waals surface area contributed by atoms with Crippen molar-refractivity contribution < 1.29 is 0 Å². The van der Waals surface area contributed by atoms with Crippen LogP contribution in [0.1, 0.15) is 12.5 Å². The zero-order valence-electron chi connectivity index (χ0n) is 18.6. The van der Waals surface area contributed by atoms with Gasteiger partial charge in [0.1, 0.15) is 5.69 Å². The minimum absolute atomic E-state index is 0.776. The maximum atomic E-state index is 4.64. The average molecular weight is 447 g/mol. The molecular formula is C26H22N8. The minimum Gasteiger partial charge on any atom is -0.352 e. The van der Waals surface area contributed by atoms with Gasteiger partial charge in [-0.2, -0.15) is 5.10 Å². The van der Waals surface area contributed by atoms with E-state index in [2.05, 4.69) is 65.6 Å². The molecule has 0 aromatic carbocycles. The summed E-state index contributed by atoms with van der Waals surface area (Å²) < 4.78 is 0. The molecule has 0 amide bonds. The maximum absolute atomic E-state index is 4.64. The Kier molecular flexibility index (Phi) is 5.04. The van der Waals surface area contributed by atoms with Crippen molar-refractivity contribution in [2.45, 2.75) is 13.5 Å². The molecule has 8 heteroatoms. The molecule has 8 nitrogen and oxygen atoms in total. The van der Waals surface area contributed by atoms with Crippen LogP contribution < -0.4 is 5.32 Å². The third-order valence-electron chi connectivity index (χ3n) is 5.86. The van der Waals surface area contributed by atoms with Crippen LogP contribution in [0.15, 0.2) is 73.6 Å². The fourth-order valence-electron chi connectivity index (χ4n) is 4.18. The Balaban J connectivity index is 1.44. The first-order valence-electron chi connectivity index (χ1n) is 11.2. The van der Waals surface area contributed by atoms with E-state index in [1.807, 2.05) is 49.2 Å². The molecule has 0 unspecified atom stereocenters. The summed E-state index contributed by atoms with van der Waals surface area (Å²) in [6, 6.07) is 12.2. The molecule has 166 valence electrons. The van der Waals surface area contributed by atoms with Gasteiger partial charge in [-0.25, -0.2) is 0 Å². The number of hydrogen-bond acceptors (Lipinski definition) is 6. The average Bonchev–Trinajstić information content (AvgIpc) is 3.51. The molecule has 6 aromatic rings. The number of nitrogens with one attached hydrogen (secondary N) is 3. The summed E-state index contributed by atoms with van der Waals surface area (Å²) in [7, 11) is 0. The van der Waals surface area contributed by atoms with E-state index in [1.165, 1.54) is 0 Å². The van der Waals surface area contributed by atoms with Crippen molar-refractivity contribution in [2.75, 3.05) is 6.54 Å². The van der Waals surface area contributed by atoms with Crippen molar-refractivity contribution in [2.24, 2.45) is 0 Å². The maximum Gasteiger partial charge on any atom is 0.116 e. The van der Waals surface area contributed by atoms with Gasteiger partial charge in [-0.1, -0.05) is 13.0 Å². The molecule has 0 saturated carbocycles. The lowest BCUT2D eigenvalue weighted by Gasteiger charge is -2.05. The standard InChI is InChI=1S/C26H22N8/c1-2-27-10-16-7-17(12-28-11-16)22-9-19-25(15-31-22)33-34-26(19)23-8-18-20(13-29-14-24(18)32-23)21-5-3-4-6-30-21/h3-9,11-15,27,32H,2,10H2,1H3,(H,33,34). The molecule has 6 rings (SSSR count). The molecule has 0 bridgehead atoms. The van der Waals surface area contributed by atoms with Crippen molar-refractivity contribution in [3.8, 4) is 33.9 Å². The van der Waals surface area contributed by atoms with E-state index in [9.17, 15) is 0 Å². The number of fused-ring (bicyclic) bond motifs is 2. The van der Waals surface area contributed by atoms with Crippen LogP contribution in [-0.4, -0.2) is 41.7 Å². The molecule has 0 spiro atoms. The van der Waals surface area contributed by atoms with Gasteiger partial charge < -0.3 is 10.3 Å². The van der Waals surface area contributed by atoms with Crippen LogP contribution in [0, 0.1) is 0 Å². The molecule has 0 fully saturated rings. The third-order valence-corrected chi connectivity index (χ3v) is 5.86. The largest absolute Gasteiger partial charge is 0.352 e. The number of aromatic amines is 2. The van der Waals surface area contributed by atoms with Gasteiger partial charge in [0, 0.05) is 53.2 Å². The SMILES string of the molecule is CCNCc1cncc(-c2cc3c(-c4cc5c(-c6ccccn6)cncc5[nH]4)n[nH]c3cn2)c1. The van der Waals surface area contributed by atoms with Crippen LogP contribution in [0.2, 0.25) is 0 Å². The van der Waals surface area contributed by atoms with Gasteiger partial charge in [0.2, 0.25) is 0 Å². The molecule has 34 heavy (non-hydrogen) atoms. The molecule has 0 aliphatic rings. The first kappa shape index (κ1) is 20.2.